The number of carbonyl (C=O) groups excluding carboxylic acids is 2. The van der Waals surface area contributed by atoms with Crippen molar-refractivity contribution in [2.24, 2.45) is 0 Å². The zero-order valence-corrected chi connectivity index (χ0v) is 36.8. The van der Waals surface area contributed by atoms with Crippen molar-refractivity contribution >= 4 is 57.2 Å². The Bertz CT molecular complexity index is 2690. The van der Waals surface area contributed by atoms with Crippen LogP contribution in [0.5, 0.6) is 11.5 Å². The topological polar surface area (TPSA) is 176 Å². The van der Waals surface area contributed by atoms with E-state index in [2.05, 4.69) is 40.6 Å². The van der Waals surface area contributed by atoms with Crippen molar-refractivity contribution in [3.8, 4) is 11.5 Å². The standard InChI is InChI=1S/C48H54N12O4/c1-28-7-11-37(12-8-28)63-41(45(61)54-32-22-39-30(3)52-47(56-43(39)50-24-32)59-19-15-35(16-20-59)58-17-5-6-18-58)42(64-38-13-9-29(2)10-14-38)46(62)55-33-23-40-31(4)53-48(57-44(40)51-25-33)60-27-34-21-36(60)26-49-34/h7-14,22-25,34-36,41-42,49H,5-6,15-21,26-27H2,1-4H3,(H,54,61)(H,55,62). The Morgan fingerprint density at radius 2 is 1.19 bits per heavy atom. The molecule has 4 aromatic heterocycles. The number of carbonyl (C=O) groups is 2. The summed E-state index contributed by atoms with van der Waals surface area (Å²) in [7, 11) is 0. The van der Waals surface area contributed by atoms with Gasteiger partial charge in [-0.25, -0.2) is 19.9 Å². The van der Waals surface area contributed by atoms with Gasteiger partial charge in [0.1, 0.15) is 11.5 Å². The van der Waals surface area contributed by atoms with E-state index < -0.39 is 24.0 Å². The summed E-state index contributed by atoms with van der Waals surface area (Å²) in [6.45, 7) is 13.7. The summed E-state index contributed by atoms with van der Waals surface area (Å²) in [5, 5.41) is 10.9. The molecule has 0 spiro atoms. The van der Waals surface area contributed by atoms with E-state index in [4.69, 9.17) is 29.4 Å². The van der Waals surface area contributed by atoms with Gasteiger partial charge in [0.05, 0.1) is 35.2 Å². The highest BCUT2D eigenvalue weighted by atomic mass is 16.6. The average molecular weight is 863 g/mol. The van der Waals surface area contributed by atoms with Crippen molar-refractivity contribution in [1.29, 1.82) is 0 Å². The smallest absolute Gasteiger partial charge is 0.270 e. The summed E-state index contributed by atoms with van der Waals surface area (Å²) < 4.78 is 12.9. The fourth-order valence-corrected chi connectivity index (χ4v) is 9.50. The molecule has 4 atom stereocenters. The molecule has 0 aliphatic carbocycles. The second-order valence-corrected chi connectivity index (χ2v) is 17.7. The lowest BCUT2D eigenvalue weighted by Crippen LogP contribution is -2.51. The van der Waals surface area contributed by atoms with Crippen LogP contribution in [0.2, 0.25) is 0 Å². The summed E-state index contributed by atoms with van der Waals surface area (Å²) in [5.74, 6) is 0.850. The molecular weight excluding hydrogens is 809 g/mol. The van der Waals surface area contributed by atoms with Gasteiger partial charge in [0.15, 0.2) is 11.3 Å². The molecule has 6 aromatic rings. The zero-order chi connectivity index (χ0) is 43.9. The average Bonchev–Trinajstić information content (AvgIpc) is 4.10. The van der Waals surface area contributed by atoms with Crippen LogP contribution in [0.4, 0.5) is 23.3 Å². The molecule has 3 N–H and O–H groups in total. The number of nitrogens with zero attached hydrogens (tertiary/aromatic N) is 9. The Balaban J connectivity index is 0.919. The van der Waals surface area contributed by atoms with Gasteiger partial charge in [-0.05, 0) is 109 Å². The predicted octanol–water partition coefficient (Wildman–Crippen LogP) is 5.68. The van der Waals surface area contributed by atoms with E-state index in [1.54, 1.807) is 48.8 Å². The van der Waals surface area contributed by atoms with Crippen LogP contribution in [0.1, 0.15) is 54.6 Å². The van der Waals surface area contributed by atoms with E-state index in [1.807, 2.05) is 52.0 Å². The van der Waals surface area contributed by atoms with Crippen molar-refractivity contribution in [3.05, 3.63) is 95.6 Å². The molecular formula is C48H54N12O4. The third-order valence-corrected chi connectivity index (χ3v) is 13.1. The van der Waals surface area contributed by atoms with Crippen molar-refractivity contribution < 1.29 is 19.1 Å². The molecule has 0 radical (unpaired) electrons. The number of benzene rings is 2. The molecule has 0 saturated carbocycles. The Hall–Kier alpha value is -6.52. The van der Waals surface area contributed by atoms with Gasteiger partial charge in [-0.2, -0.15) is 9.97 Å². The van der Waals surface area contributed by atoms with Crippen LogP contribution in [0.15, 0.2) is 73.1 Å². The summed E-state index contributed by atoms with van der Waals surface area (Å²) in [5.41, 5.74) is 5.35. The maximum atomic E-state index is 14.6. The number of fused-ring (bicyclic) bond motifs is 4. The van der Waals surface area contributed by atoms with Crippen LogP contribution < -0.4 is 35.2 Å². The van der Waals surface area contributed by atoms with Gasteiger partial charge >= 0.3 is 0 Å². The molecule has 10 rings (SSSR count). The minimum atomic E-state index is -1.48. The molecule has 4 aliphatic rings. The number of aryl methyl sites for hydroxylation is 4. The van der Waals surface area contributed by atoms with Crippen molar-refractivity contribution in [2.75, 3.05) is 59.7 Å². The number of likely N-dealkylation sites (tertiary alicyclic amines) is 1. The monoisotopic (exact) mass is 862 g/mol. The minimum absolute atomic E-state index is 0.361. The predicted molar refractivity (Wildman–Crippen MR) is 246 cm³/mol. The number of nitrogens with one attached hydrogen (secondary N) is 3. The molecule has 4 aliphatic heterocycles. The first-order valence-corrected chi connectivity index (χ1v) is 22.5. The van der Waals surface area contributed by atoms with Gasteiger partial charge < -0.3 is 40.1 Å². The first-order valence-electron chi connectivity index (χ1n) is 22.5. The molecule has 2 amide bonds. The van der Waals surface area contributed by atoms with Gasteiger partial charge in [0, 0.05) is 55.1 Å². The quantitative estimate of drug-likeness (QED) is 0.137. The number of ether oxygens (including phenoxy) is 2. The third-order valence-electron chi connectivity index (χ3n) is 13.1. The van der Waals surface area contributed by atoms with Gasteiger partial charge in [-0.3, -0.25) is 9.59 Å². The number of pyridine rings is 2. The highest BCUT2D eigenvalue weighted by Gasteiger charge is 2.40. The molecule has 4 unspecified atom stereocenters. The van der Waals surface area contributed by atoms with Gasteiger partial charge in [-0.1, -0.05) is 35.4 Å². The molecule has 8 heterocycles. The van der Waals surface area contributed by atoms with Crippen LogP contribution in [0.3, 0.4) is 0 Å². The van der Waals surface area contributed by atoms with Gasteiger partial charge in [0.25, 0.3) is 11.8 Å². The molecule has 16 nitrogen and oxygen atoms in total. The Labute approximate surface area is 372 Å². The number of anilines is 4. The first-order chi connectivity index (χ1) is 31.1. The van der Waals surface area contributed by atoms with Crippen LogP contribution >= 0.6 is 0 Å². The number of piperidine rings is 1. The SMILES string of the molecule is Cc1ccc(OC(C(=O)Nc2cnc3nc(N4CCC(N5CCCC5)CC4)nc(C)c3c2)C(Oc2ccc(C)cc2)C(=O)Nc2cnc3nc(N4CC5CC4CN5)nc(C)c3c2)cc1. The number of piperazine rings is 1. The van der Waals surface area contributed by atoms with Crippen LogP contribution in [-0.4, -0.2) is 116 Å². The maximum Gasteiger partial charge on any atom is 0.270 e. The first kappa shape index (κ1) is 41.5. The Morgan fingerprint density at radius 3 is 1.69 bits per heavy atom. The van der Waals surface area contributed by atoms with E-state index in [-0.39, 0.29) is 0 Å². The van der Waals surface area contributed by atoms with E-state index in [0.29, 0.717) is 75.0 Å². The van der Waals surface area contributed by atoms with E-state index in [9.17, 15) is 9.59 Å². The van der Waals surface area contributed by atoms with Crippen molar-refractivity contribution in [3.63, 3.8) is 0 Å². The fourth-order valence-electron chi connectivity index (χ4n) is 9.50. The number of hydrogen-bond donors (Lipinski definition) is 3. The Morgan fingerprint density at radius 1 is 0.672 bits per heavy atom. The minimum Gasteiger partial charge on any atom is -0.476 e. The van der Waals surface area contributed by atoms with Gasteiger partial charge in [0.2, 0.25) is 24.1 Å². The summed E-state index contributed by atoms with van der Waals surface area (Å²) in [4.78, 5) is 65.1. The fraction of sp³-hybridized carbons (Fsp3) is 0.417. The molecule has 2 bridgehead atoms. The molecule has 64 heavy (non-hydrogen) atoms. The van der Waals surface area contributed by atoms with Crippen LogP contribution in [-0.2, 0) is 9.59 Å². The molecule has 4 saturated heterocycles. The summed E-state index contributed by atoms with van der Waals surface area (Å²) in [6.07, 6.45) is 5.99. The molecule has 16 heteroatoms. The van der Waals surface area contributed by atoms with E-state index in [0.717, 1.165) is 68.0 Å². The second kappa shape index (κ2) is 17.6. The summed E-state index contributed by atoms with van der Waals surface area (Å²) in [6, 6.07) is 19.6. The van der Waals surface area contributed by atoms with Gasteiger partial charge in [-0.15, -0.1) is 0 Å². The van der Waals surface area contributed by atoms with Crippen LogP contribution in [0, 0.1) is 27.7 Å². The highest BCUT2D eigenvalue weighted by Crippen LogP contribution is 2.31. The van der Waals surface area contributed by atoms with Crippen molar-refractivity contribution in [2.45, 2.75) is 90.1 Å². The lowest BCUT2D eigenvalue weighted by Gasteiger charge is -2.36. The highest BCUT2D eigenvalue weighted by molar-refractivity contribution is 6.03. The number of aromatic nitrogens is 6. The number of amides is 2. The number of hydrogen-bond acceptors (Lipinski definition) is 14. The number of rotatable bonds is 12. The molecule has 4 fully saturated rings. The second-order valence-electron chi connectivity index (χ2n) is 17.7. The van der Waals surface area contributed by atoms with E-state index in [1.165, 1.54) is 25.9 Å². The normalized spacial score (nSPS) is 19.9. The van der Waals surface area contributed by atoms with Crippen molar-refractivity contribution in [1.82, 2.24) is 40.1 Å². The molecule has 330 valence electrons. The lowest BCUT2D eigenvalue weighted by atomic mass is 10.0. The largest absolute Gasteiger partial charge is 0.476 e. The summed E-state index contributed by atoms with van der Waals surface area (Å²) >= 11 is 0. The third kappa shape index (κ3) is 8.71. The van der Waals surface area contributed by atoms with E-state index >= 15 is 0 Å². The maximum absolute atomic E-state index is 14.6. The Kier molecular flexibility index (Phi) is 11.4. The zero-order valence-electron chi connectivity index (χ0n) is 36.8. The van der Waals surface area contributed by atoms with Crippen LogP contribution in [0.25, 0.3) is 22.1 Å². The lowest BCUT2D eigenvalue weighted by molar-refractivity contribution is -0.136. The molecule has 2 aromatic carbocycles.